The predicted molar refractivity (Wildman–Crippen MR) is 111 cm³/mol. The molecule has 0 fully saturated rings. The summed E-state index contributed by atoms with van der Waals surface area (Å²) in [5.41, 5.74) is 1.94. The van der Waals surface area contributed by atoms with Crippen molar-refractivity contribution < 1.29 is 24.2 Å². The number of carbonyl (C=O) groups is 2. The molecule has 29 heavy (non-hydrogen) atoms. The zero-order valence-electron chi connectivity index (χ0n) is 15.2. The molecular weight excluding hydrogens is 435 g/mol. The normalized spacial score (nSPS) is 18.3. The first-order valence-corrected chi connectivity index (χ1v) is 9.76. The van der Waals surface area contributed by atoms with Gasteiger partial charge < -0.3 is 14.6 Å². The quantitative estimate of drug-likeness (QED) is 0.473. The molecule has 0 aliphatic carbocycles. The molecule has 1 N–H and O–H groups in total. The summed E-state index contributed by atoms with van der Waals surface area (Å²) in [6.45, 7) is 1.93. The summed E-state index contributed by atoms with van der Waals surface area (Å²) in [6.07, 6.45) is 0. The number of benzene rings is 3. The Bertz CT molecular complexity index is 1220. The van der Waals surface area contributed by atoms with Crippen molar-refractivity contribution in [1.82, 2.24) is 0 Å². The van der Waals surface area contributed by atoms with E-state index in [0.29, 0.717) is 33.8 Å². The molecule has 3 aromatic carbocycles. The second-order valence-corrected chi connectivity index (χ2v) is 7.84. The van der Waals surface area contributed by atoms with Crippen molar-refractivity contribution in [1.29, 1.82) is 0 Å². The van der Waals surface area contributed by atoms with E-state index >= 15 is 0 Å². The maximum Gasteiger partial charge on any atom is 0.340 e. The third-order valence-corrected chi connectivity index (χ3v) is 5.87. The number of carboxylic acids is 1. The van der Waals surface area contributed by atoms with Crippen LogP contribution in [0.1, 0.15) is 37.4 Å². The van der Waals surface area contributed by atoms with Crippen LogP contribution < -0.4 is 10.2 Å². The summed E-state index contributed by atoms with van der Waals surface area (Å²) in [7, 11) is 1.95. The summed E-state index contributed by atoms with van der Waals surface area (Å²) >= 11 is 3.46. The van der Waals surface area contributed by atoms with Crippen LogP contribution in [0.4, 0.5) is 0 Å². The first kappa shape index (κ1) is 18.0. The van der Waals surface area contributed by atoms with Gasteiger partial charge in [-0.15, -0.1) is 0 Å². The van der Waals surface area contributed by atoms with Crippen molar-refractivity contribution in [3.05, 3.63) is 86.9 Å². The van der Waals surface area contributed by atoms with Gasteiger partial charge >= 0.3 is 11.9 Å². The van der Waals surface area contributed by atoms with Crippen LogP contribution in [0.3, 0.4) is 0 Å². The third-order valence-electron chi connectivity index (χ3n) is 5.37. The lowest BCUT2D eigenvalue weighted by Gasteiger charge is -2.36. The van der Waals surface area contributed by atoms with Gasteiger partial charge in [0.25, 0.3) is 0 Å². The molecule has 2 aliphatic heterocycles. The zero-order chi connectivity index (χ0) is 20.3. The molecule has 1 unspecified atom stereocenters. The minimum atomic E-state index is -1.27. The molecule has 2 aliphatic rings. The van der Waals surface area contributed by atoms with Crippen molar-refractivity contribution in [2.24, 2.45) is 0 Å². The Kier molecular flexibility index (Phi) is 3.86. The summed E-state index contributed by atoms with van der Waals surface area (Å²) in [5, 5.41) is 9.50. The number of carboxylic acid groups (broad SMARTS) is 1. The average Bonchev–Trinajstić information content (AvgIpc) is 3.00. The molecule has 1 radical (unpaired) electrons. The molecule has 3 aromatic rings. The van der Waals surface area contributed by atoms with Crippen molar-refractivity contribution >= 4 is 40.6 Å². The highest BCUT2D eigenvalue weighted by Crippen LogP contribution is 2.56. The van der Waals surface area contributed by atoms with Gasteiger partial charge in [0, 0.05) is 21.2 Å². The lowest BCUT2D eigenvalue weighted by molar-refractivity contribution is 0.0224. The van der Waals surface area contributed by atoms with Gasteiger partial charge in [0.1, 0.15) is 18.8 Å². The lowest BCUT2D eigenvalue weighted by atomic mass is 9.71. The molecule has 1 atom stereocenters. The maximum absolute atomic E-state index is 12.8. The van der Waals surface area contributed by atoms with E-state index in [0.717, 1.165) is 9.94 Å². The molecule has 0 saturated heterocycles. The number of esters is 1. The van der Waals surface area contributed by atoms with Crippen molar-refractivity contribution in [2.75, 3.05) is 0 Å². The number of hydrogen-bond donors (Lipinski definition) is 1. The number of halogens is 1. The van der Waals surface area contributed by atoms with Crippen LogP contribution in [0, 0.1) is 0 Å². The predicted octanol–water partition coefficient (Wildman–Crippen LogP) is 4.09. The lowest BCUT2D eigenvalue weighted by Crippen LogP contribution is -2.34. The fourth-order valence-electron chi connectivity index (χ4n) is 4.02. The van der Waals surface area contributed by atoms with Crippen molar-refractivity contribution in [2.45, 2.75) is 12.4 Å². The topological polar surface area (TPSA) is 72.8 Å². The fraction of sp³-hybridized carbons (Fsp3) is 0.0909. The first-order valence-electron chi connectivity index (χ1n) is 8.97. The fourth-order valence-corrected chi connectivity index (χ4v) is 4.36. The van der Waals surface area contributed by atoms with Crippen LogP contribution in [-0.4, -0.2) is 24.3 Å². The molecule has 5 rings (SSSR count). The molecule has 0 amide bonds. The van der Waals surface area contributed by atoms with Gasteiger partial charge in [-0.25, -0.2) is 9.59 Å². The van der Waals surface area contributed by atoms with Gasteiger partial charge in [0.05, 0.1) is 11.1 Å². The largest absolute Gasteiger partial charge is 0.478 e. The van der Waals surface area contributed by atoms with E-state index in [1.807, 2.05) is 50.5 Å². The minimum absolute atomic E-state index is 0.0895. The SMILES string of the molecule is C[B]c1ccc2c(c1)Oc1cc(Br)ccc1C21OC(=O)c2ccc(C(=O)O)cc21. The number of carbonyl (C=O) groups excluding carboxylic acids is 1. The third kappa shape index (κ3) is 2.47. The second-order valence-electron chi connectivity index (χ2n) is 6.92. The molecule has 5 nitrogen and oxygen atoms in total. The smallest absolute Gasteiger partial charge is 0.340 e. The minimum Gasteiger partial charge on any atom is -0.478 e. The average molecular weight is 448 g/mol. The van der Waals surface area contributed by atoms with E-state index in [1.165, 1.54) is 18.2 Å². The van der Waals surface area contributed by atoms with Crippen LogP contribution in [0.15, 0.2) is 59.1 Å². The molecular formula is C22H13BBrO5. The highest BCUT2D eigenvalue weighted by Gasteiger charge is 2.53. The van der Waals surface area contributed by atoms with E-state index in [9.17, 15) is 14.7 Å². The molecule has 0 bridgehead atoms. The maximum atomic E-state index is 12.8. The Labute approximate surface area is 175 Å². The van der Waals surface area contributed by atoms with Gasteiger partial charge in [0.2, 0.25) is 0 Å². The summed E-state index contributed by atoms with van der Waals surface area (Å²) in [5.74, 6) is -0.458. The van der Waals surface area contributed by atoms with Gasteiger partial charge in [0.15, 0.2) is 5.60 Å². The summed E-state index contributed by atoms with van der Waals surface area (Å²) in [6, 6.07) is 15.6. The molecule has 0 saturated carbocycles. The van der Waals surface area contributed by atoms with Crippen molar-refractivity contribution in [3.63, 3.8) is 0 Å². The molecule has 7 heteroatoms. The number of hydrogen-bond acceptors (Lipinski definition) is 4. The monoisotopic (exact) mass is 447 g/mol. The Morgan fingerprint density at radius 3 is 2.45 bits per heavy atom. The number of aromatic carboxylic acids is 1. The van der Waals surface area contributed by atoms with Gasteiger partial charge in [-0.1, -0.05) is 40.3 Å². The van der Waals surface area contributed by atoms with Crippen LogP contribution >= 0.6 is 15.9 Å². The van der Waals surface area contributed by atoms with Gasteiger partial charge in [-0.05, 0) is 42.5 Å². The van der Waals surface area contributed by atoms with Crippen LogP contribution in [0.25, 0.3) is 0 Å². The first-order chi connectivity index (χ1) is 13.9. The van der Waals surface area contributed by atoms with E-state index in [-0.39, 0.29) is 5.56 Å². The molecule has 0 aromatic heterocycles. The Morgan fingerprint density at radius 2 is 1.72 bits per heavy atom. The van der Waals surface area contributed by atoms with E-state index < -0.39 is 17.5 Å². The number of fused-ring (bicyclic) bond motifs is 6. The zero-order valence-corrected chi connectivity index (χ0v) is 16.8. The highest BCUT2D eigenvalue weighted by atomic mass is 79.9. The molecule has 141 valence electrons. The second kappa shape index (κ2) is 6.22. The number of rotatable bonds is 2. The van der Waals surface area contributed by atoms with Gasteiger partial charge in [-0.3, -0.25) is 0 Å². The number of ether oxygens (including phenoxy) is 2. The summed E-state index contributed by atoms with van der Waals surface area (Å²) in [4.78, 5) is 24.4. The standard InChI is InChI=1S/C22H13BBrO5/c1-23-12-3-6-15-18(9-12)28-19-10-13(24)4-7-16(19)22(15)17-8-11(20(25)26)2-5-14(17)21(27)29-22/h2-10H,1H3,(H,25,26). The van der Waals surface area contributed by atoms with Crippen LogP contribution in [0.2, 0.25) is 6.82 Å². The Morgan fingerprint density at radius 1 is 1.00 bits per heavy atom. The summed E-state index contributed by atoms with van der Waals surface area (Å²) < 4.78 is 13.0. The van der Waals surface area contributed by atoms with Crippen LogP contribution in [-0.2, 0) is 10.3 Å². The van der Waals surface area contributed by atoms with Crippen LogP contribution in [0.5, 0.6) is 11.5 Å². The Hall–Kier alpha value is -3.06. The van der Waals surface area contributed by atoms with Crippen molar-refractivity contribution in [3.8, 4) is 11.5 Å². The Balaban J connectivity index is 1.88. The highest BCUT2D eigenvalue weighted by molar-refractivity contribution is 9.10. The van der Waals surface area contributed by atoms with E-state index in [4.69, 9.17) is 9.47 Å². The van der Waals surface area contributed by atoms with E-state index in [2.05, 4.69) is 15.9 Å². The molecule has 2 heterocycles. The van der Waals surface area contributed by atoms with E-state index in [1.54, 1.807) is 0 Å². The van der Waals surface area contributed by atoms with Gasteiger partial charge in [-0.2, -0.15) is 0 Å². The molecule has 1 spiro atoms.